The molecule has 0 atom stereocenters. The Balaban J connectivity index is 2.14. The second-order valence-corrected chi connectivity index (χ2v) is 5.49. The van der Waals surface area contributed by atoms with Crippen molar-refractivity contribution in [1.82, 2.24) is 4.90 Å². The molecule has 0 saturated heterocycles. The van der Waals surface area contributed by atoms with Gasteiger partial charge in [0.15, 0.2) is 0 Å². The highest BCUT2D eigenvalue weighted by molar-refractivity contribution is 5.81. The number of alkyl halides is 3. The molecule has 0 aliphatic carbocycles. The molecule has 134 valence electrons. The van der Waals surface area contributed by atoms with Gasteiger partial charge in [-0.3, -0.25) is 4.79 Å². The number of methoxy groups -OCH3 is 1. The highest BCUT2D eigenvalue weighted by atomic mass is 19.4. The first-order valence-electron chi connectivity index (χ1n) is 7.56. The molecule has 0 radical (unpaired) electrons. The Bertz CT molecular complexity index is 714. The van der Waals surface area contributed by atoms with Gasteiger partial charge < -0.3 is 14.7 Å². The molecular formula is C18H18F3NO3. The number of ether oxygens (including phenoxy) is 1. The zero-order valence-corrected chi connectivity index (χ0v) is 13.6. The molecule has 25 heavy (non-hydrogen) atoms. The average Bonchev–Trinajstić information content (AvgIpc) is 2.58. The molecule has 0 fully saturated rings. The molecule has 2 aromatic carbocycles. The van der Waals surface area contributed by atoms with E-state index < -0.39 is 12.1 Å². The fourth-order valence-electron chi connectivity index (χ4n) is 2.35. The van der Waals surface area contributed by atoms with Crippen molar-refractivity contribution in [2.45, 2.75) is 19.1 Å². The molecule has 1 amide bonds. The van der Waals surface area contributed by atoms with Gasteiger partial charge in [-0.15, -0.1) is 0 Å². The Morgan fingerprint density at radius 1 is 1.12 bits per heavy atom. The lowest BCUT2D eigenvalue weighted by Gasteiger charge is -2.24. The minimum Gasteiger partial charge on any atom is -0.508 e. The van der Waals surface area contributed by atoms with Gasteiger partial charge in [0.2, 0.25) is 0 Å². The minimum absolute atomic E-state index is 0.0726. The van der Waals surface area contributed by atoms with Crippen molar-refractivity contribution in [1.29, 1.82) is 0 Å². The Kier molecular flexibility index (Phi) is 5.90. The molecule has 4 nitrogen and oxygen atoms in total. The van der Waals surface area contributed by atoms with Crippen LogP contribution in [0.5, 0.6) is 11.5 Å². The number of hydrogen-bond donors (Lipinski definition) is 1. The van der Waals surface area contributed by atoms with Crippen LogP contribution >= 0.6 is 0 Å². The predicted molar refractivity (Wildman–Crippen MR) is 86.3 cm³/mol. The van der Waals surface area contributed by atoms with Crippen molar-refractivity contribution >= 4 is 5.91 Å². The maximum Gasteiger partial charge on any atom is 0.471 e. The standard InChI is InChI=1S/C18H18F3NO3/c1-25-16-4-2-3-14(11-16)12-22(17(24)18(19,20)21)10-9-13-5-7-15(23)8-6-13/h2-8,11,23H,9-10,12H2,1H3. The van der Waals surface area contributed by atoms with Crippen LogP contribution in [0.3, 0.4) is 0 Å². The number of carbonyl (C=O) groups excluding carboxylic acids is 1. The van der Waals surface area contributed by atoms with Gasteiger partial charge in [-0.05, 0) is 41.8 Å². The fraction of sp³-hybridized carbons (Fsp3) is 0.278. The summed E-state index contributed by atoms with van der Waals surface area (Å²) in [5, 5.41) is 9.25. The number of phenols is 1. The summed E-state index contributed by atoms with van der Waals surface area (Å²) in [6.45, 7) is -0.270. The molecule has 2 rings (SSSR count). The number of phenolic OH excluding ortho intramolecular Hbond substituents is 1. The topological polar surface area (TPSA) is 49.8 Å². The van der Waals surface area contributed by atoms with Crippen molar-refractivity contribution in [2.24, 2.45) is 0 Å². The highest BCUT2D eigenvalue weighted by Gasteiger charge is 2.42. The fourth-order valence-corrected chi connectivity index (χ4v) is 2.35. The first-order valence-corrected chi connectivity index (χ1v) is 7.56. The zero-order chi connectivity index (χ0) is 18.4. The largest absolute Gasteiger partial charge is 0.508 e. The average molecular weight is 353 g/mol. The summed E-state index contributed by atoms with van der Waals surface area (Å²) < 4.78 is 43.7. The van der Waals surface area contributed by atoms with E-state index in [2.05, 4.69) is 0 Å². The first kappa shape index (κ1) is 18.6. The lowest BCUT2D eigenvalue weighted by atomic mass is 10.1. The summed E-state index contributed by atoms with van der Waals surface area (Å²) in [5.74, 6) is -1.30. The van der Waals surface area contributed by atoms with Crippen molar-refractivity contribution in [3.63, 3.8) is 0 Å². The van der Waals surface area contributed by atoms with Crippen molar-refractivity contribution in [2.75, 3.05) is 13.7 Å². The van der Waals surface area contributed by atoms with Gasteiger partial charge in [0.05, 0.1) is 7.11 Å². The van der Waals surface area contributed by atoms with Gasteiger partial charge in [-0.2, -0.15) is 13.2 Å². The molecule has 0 aliphatic rings. The maximum atomic E-state index is 12.9. The number of halogens is 3. The van der Waals surface area contributed by atoms with Gasteiger partial charge in [-0.1, -0.05) is 24.3 Å². The summed E-state index contributed by atoms with van der Waals surface area (Å²) in [6.07, 6.45) is -4.69. The monoisotopic (exact) mass is 353 g/mol. The molecule has 0 heterocycles. The molecular weight excluding hydrogens is 335 g/mol. The zero-order valence-electron chi connectivity index (χ0n) is 13.6. The predicted octanol–water partition coefficient (Wildman–Crippen LogP) is 3.53. The molecule has 0 aromatic heterocycles. The van der Waals surface area contributed by atoms with E-state index in [1.807, 2.05) is 0 Å². The third kappa shape index (κ3) is 5.41. The van der Waals surface area contributed by atoms with Crippen LogP contribution in [0.2, 0.25) is 0 Å². The van der Waals surface area contributed by atoms with Crippen LogP contribution < -0.4 is 4.74 Å². The number of hydrogen-bond acceptors (Lipinski definition) is 3. The molecule has 1 N–H and O–H groups in total. The molecule has 0 aliphatic heterocycles. The van der Waals surface area contributed by atoms with Crippen LogP contribution in [0.15, 0.2) is 48.5 Å². The third-order valence-corrected chi connectivity index (χ3v) is 3.64. The van der Waals surface area contributed by atoms with Crippen molar-refractivity contribution in [3.05, 3.63) is 59.7 Å². The second kappa shape index (κ2) is 7.92. The molecule has 0 bridgehead atoms. The summed E-state index contributed by atoms with van der Waals surface area (Å²) >= 11 is 0. The van der Waals surface area contributed by atoms with Gasteiger partial charge in [0.25, 0.3) is 0 Å². The number of benzene rings is 2. The lowest BCUT2D eigenvalue weighted by Crippen LogP contribution is -2.41. The van der Waals surface area contributed by atoms with Gasteiger partial charge >= 0.3 is 12.1 Å². The molecule has 0 spiro atoms. The Morgan fingerprint density at radius 2 is 1.80 bits per heavy atom. The van der Waals surface area contributed by atoms with Gasteiger partial charge in [-0.25, -0.2) is 0 Å². The van der Waals surface area contributed by atoms with E-state index in [9.17, 15) is 23.1 Å². The summed E-state index contributed by atoms with van der Waals surface area (Å²) in [4.78, 5) is 12.5. The number of nitrogens with zero attached hydrogens (tertiary/aromatic N) is 1. The third-order valence-electron chi connectivity index (χ3n) is 3.64. The van der Waals surface area contributed by atoms with E-state index in [1.54, 1.807) is 36.4 Å². The molecule has 7 heteroatoms. The Morgan fingerprint density at radius 3 is 2.40 bits per heavy atom. The first-order chi connectivity index (χ1) is 11.8. The maximum absolute atomic E-state index is 12.9. The quantitative estimate of drug-likeness (QED) is 0.864. The summed E-state index contributed by atoms with van der Waals surface area (Å²) in [6, 6.07) is 12.7. The molecule has 0 unspecified atom stereocenters. The van der Waals surface area contributed by atoms with Crippen LogP contribution in [0.4, 0.5) is 13.2 Å². The van der Waals surface area contributed by atoms with Crippen LogP contribution in [-0.2, 0) is 17.8 Å². The number of aromatic hydroxyl groups is 1. The Labute approximate surface area is 143 Å². The number of rotatable bonds is 6. The highest BCUT2D eigenvalue weighted by Crippen LogP contribution is 2.22. The van der Waals surface area contributed by atoms with E-state index in [0.29, 0.717) is 11.3 Å². The normalized spacial score (nSPS) is 11.2. The van der Waals surface area contributed by atoms with Crippen molar-refractivity contribution < 1.29 is 27.8 Å². The second-order valence-electron chi connectivity index (χ2n) is 5.49. The van der Waals surface area contributed by atoms with Crippen molar-refractivity contribution in [3.8, 4) is 11.5 Å². The van der Waals surface area contributed by atoms with E-state index in [1.165, 1.54) is 19.2 Å². The molecule has 2 aromatic rings. The minimum atomic E-state index is -4.94. The number of carbonyl (C=O) groups is 1. The van der Waals surface area contributed by atoms with Crippen LogP contribution in [0.25, 0.3) is 0 Å². The van der Waals surface area contributed by atoms with Crippen LogP contribution in [0, 0.1) is 0 Å². The van der Waals surface area contributed by atoms with E-state index in [0.717, 1.165) is 10.5 Å². The van der Waals surface area contributed by atoms with Gasteiger partial charge in [0.1, 0.15) is 11.5 Å². The summed E-state index contributed by atoms with van der Waals surface area (Å²) in [5.41, 5.74) is 1.27. The Hall–Kier alpha value is -2.70. The smallest absolute Gasteiger partial charge is 0.471 e. The summed E-state index contributed by atoms with van der Waals surface area (Å²) in [7, 11) is 1.46. The SMILES string of the molecule is COc1cccc(CN(CCc2ccc(O)cc2)C(=O)C(F)(F)F)c1. The van der Waals surface area contributed by atoms with E-state index >= 15 is 0 Å². The molecule has 0 saturated carbocycles. The van der Waals surface area contributed by atoms with Crippen LogP contribution in [0.1, 0.15) is 11.1 Å². The van der Waals surface area contributed by atoms with E-state index in [-0.39, 0.29) is 25.3 Å². The van der Waals surface area contributed by atoms with Crippen LogP contribution in [-0.4, -0.2) is 35.7 Å². The number of amides is 1. The van der Waals surface area contributed by atoms with E-state index in [4.69, 9.17) is 4.74 Å². The lowest BCUT2D eigenvalue weighted by molar-refractivity contribution is -0.186. The van der Waals surface area contributed by atoms with Gasteiger partial charge in [0, 0.05) is 13.1 Å².